The number of amides is 1. The summed E-state index contributed by atoms with van der Waals surface area (Å²) >= 11 is 0. The van der Waals surface area contributed by atoms with Gasteiger partial charge in [0.05, 0.1) is 17.2 Å². The maximum Gasteiger partial charge on any atom is 0.255 e. The summed E-state index contributed by atoms with van der Waals surface area (Å²) in [6.07, 6.45) is 11.6. The van der Waals surface area contributed by atoms with Gasteiger partial charge < -0.3 is 9.73 Å². The van der Waals surface area contributed by atoms with E-state index in [1.165, 1.54) is 10.6 Å². The number of anilines is 1. The molecule has 0 bridgehead atoms. The molecule has 1 N–H and O–H groups in total. The lowest BCUT2D eigenvalue weighted by molar-refractivity contribution is 0.0962. The van der Waals surface area contributed by atoms with Crippen molar-refractivity contribution in [3.63, 3.8) is 0 Å². The van der Waals surface area contributed by atoms with E-state index in [1.807, 2.05) is 25.1 Å². The maximum absolute atomic E-state index is 13.0. The number of aromatic nitrogens is 1. The van der Waals surface area contributed by atoms with Gasteiger partial charge in [-0.3, -0.25) is 9.10 Å². The first-order chi connectivity index (χ1) is 16.9. The molecule has 0 spiro atoms. The predicted octanol–water partition coefficient (Wildman–Crippen LogP) is 3.65. The predicted molar refractivity (Wildman–Crippen MR) is 141 cm³/mol. The molecule has 1 saturated carbocycles. The number of hydrogen-bond donors (Lipinski definition) is 1. The highest BCUT2D eigenvalue weighted by atomic mass is 32.2. The molecule has 1 unspecified atom stereocenters. The number of carbonyl (C=O) groups excluding carboxylic acids is 1. The maximum atomic E-state index is 13.0. The van der Waals surface area contributed by atoms with Crippen LogP contribution in [0.15, 0.2) is 34.3 Å². The van der Waals surface area contributed by atoms with Gasteiger partial charge in [0, 0.05) is 31.5 Å². The van der Waals surface area contributed by atoms with E-state index < -0.39 is 19.9 Å². The highest BCUT2D eigenvalue weighted by Gasteiger charge is 2.34. The number of hydrogen-bond acceptors (Lipinski definition) is 7. The Morgan fingerprint density at radius 1 is 1.19 bits per heavy atom. The Kier molecular flexibility index (Phi) is 7.34. The highest BCUT2D eigenvalue weighted by Crippen LogP contribution is 2.46. The van der Waals surface area contributed by atoms with Crippen LogP contribution in [0.1, 0.15) is 72.5 Å². The lowest BCUT2D eigenvalue weighted by atomic mass is 9.92. The Labute approximate surface area is 212 Å². The Morgan fingerprint density at radius 2 is 1.92 bits per heavy atom. The zero-order valence-corrected chi connectivity index (χ0v) is 22.7. The fraction of sp³-hybridized carbons (Fsp3) is 0.520. The van der Waals surface area contributed by atoms with Crippen LogP contribution in [0.2, 0.25) is 0 Å². The Bertz CT molecular complexity index is 1450. The molecule has 11 heteroatoms. The standard InChI is InChI=1S/C25H33N3O6S2/c1-16-7-9-18(10-8-16)22-21(24(29)26-2)20-15-19(17-11-12-17)23(27-25(20)34-22)28(36(4,32)33)13-5-6-14-35(3,30)31/h7-9,15,17-18H,5-6,10-14H2,1-4H3,(H,26,29). The minimum absolute atomic E-state index is 0.00753. The van der Waals surface area contributed by atoms with E-state index in [2.05, 4.69) is 16.4 Å². The zero-order chi connectivity index (χ0) is 26.3. The fourth-order valence-electron chi connectivity index (χ4n) is 4.53. The number of nitrogens with one attached hydrogen (secondary N) is 1. The monoisotopic (exact) mass is 535 g/mol. The van der Waals surface area contributed by atoms with Crippen molar-refractivity contribution in [3.8, 4) is 0 Å². The van der Waals surface area contributed by atoms with E-state index in [0.29, 0.717) is 41.8 Å². The van der Waals surface area contributed by atoms with Gasteiger partial charge in [-0.05, 0) is 56.6 Å². The zero-order valence-electron chi connectivity index (χ0n) is 21.1. The molecule has 1 atom stereocenters. The van der Waals surface area contributed by atoms with Gasteiger partial charge in [-0.15, -0.1) is 0 Å². The SMILES string of the molecule is CNC(=O)c1c(C2C=CC(C)=CC2)oc2nc(N(CCCCS(C)(=O)=O)S(C)(=O)=O)c(C3CC3)cc12. The van der Waals surface area contributed by atoms with Crippen LogP contribution in [0.4, 0.5) is 5.82 Å². The van der Waals surface area contributed by atoms with Crippen LogP contribution in [0.5, 0.6) is 0 Å². The molecule has 2 heterocycles. The van der Waals surface area contributed by atoms with Crippen molar-refractivity contribution in [2.45, 2.75) is 50.9 Å². The molecule has 2 aromatic rings. The van der Waals surface area contributed by atoms with E-state index in [0.717, 1.165) is 30.2 Å². The van der Waals surface area contributed by atoms with E-state index in [1.54, 1.807) is 7.05 Å². The number of sulfonamides is 1. The Morgan fingerprint density at radius 3 is 2.47 bits per heavy atom. The lowest BCUT2D eigenvalue weighted by Crippen LogP contribution is -2.32. The molecule has 0 aliphatic heterocycles. The number of rotatable bonds is 10. The normalized spacial score (nSPS) is 18.3. The first-order valence-electron chi connectivity index (χ1n) is 12.1. The summed E-state index contributed by atoms with van der Waals surface area (Å²) in [6.45, 7) is 2.12. The van der Waals surface area contributed by atoms with Crippen LogP contribution in [-0.4, -0.2) is 59.6 Å². The van der Waals surface area contributed by atoms with Crippen LogP contribution < -0.4 is 9.62 Å². The van der Waals surface area contributed by atoms with Crippen molar-refractivity contribution >= 4 is 42.7 Å². The second-order valence-corrected chi connectivity index (χ2v) is 13.9. The summed E-state index contributed by atoms with van der Waals surface area (Å²) in [5.74, 6) is 0.533. The van der Waals surface area contributed by atoms with E-state index in [-0.39, 0.29) is 35.8 Å². The molecule has 36 heavy (non-hydrogen) atoms. The van der Waals surface area contributed by atoms with Crippen molar-refractivity contribution in [2.75, 3.05) is 36.2 Å². The molecule has 196 valence electrons. The Hall–Kier alpha value is -2.66. The van der Waals surface area contributed by atoms with E-state index in [9.17, 15) is 21.6 Å². The lowest BCUT2D eigenvalue weighted by Gasteiger charge is -2.23. The summed E-state index contributed by atoms with van der Waals surface area (Å²) < 4.78 is 56.1. The van der Waals surface area contributed by atoms with Gasteiger partial charge in [0.1, 0.15) is 21.4 Å². The molecule has 0 saturated heterocycles. The second kappa shape index (κ2) is 10.0. The quantitative estimate of drug-likeness (QED) is 0.460. The highest BCUT2D eigenvalue weighted by molar-refractivity contribution is 7.92. The molecule has 4 rings (SSSR count). The number of fused-ring (bicyclic) bond motifs is 1. The summed E-state index contributed by atoms with van der Waals surface area (Å²) in [7, 11) is -5.27. The van der Waals surface area contributed by atoms with Crippen molar-refractivity contribution in [1.29, 1.82) is 0 Å². The second-order valence-electron chi connectivity index (χ2n) is 9.77. The van der Waals surface area contributed by atoms with Crippen LogP contribution in [-0.2, 0) is 19.9 Å². The number of allylic oxidation sites excluding steroid dienone is 4. The van der Waals surface area contributed by atoms with Crippen LogP contribution >= 0.6 is 0 Å². The number of nitrogens with zero attached hydrogens (tertiary/aromatic N) is 2. The molecular weight excluding hydrogens is 502 g/mol. The first-order valence-corrected chi connectivity index (χ1v) is 16.0. The fourth-order valence-corrected chi connectivity index (χ4v) is 6.18. The van der Waals surface area contributed by atoms with Gasteiger partial charge >= 0.3 is 0 Å². The Balaban J connectivity index is 1.81. The number of carbonyl (C=O) groups is 1. The van der Waals surface area contributed by atoms with Gasteiger partial charge in [0.15, 0.2) is 0 Å². The summed E-state index contributed by atoms with van der Waals surface area (Å²) in [5, 5.41) is 3.27. The first kappa shape index (κ1) is 26.4. The molecule has 2 aliphatic carbocycles. The van der Waals surface area contributed by atoms with Gasteiger partial charge in [-0.1, -0.05) is 23.8 Å². The molecule has 9 nitrogen and oxygen atoms in total. The summed E-state index contributed by atoms with van der Waals surface area (Å²) in [6, 6.07) is 1.86. The molecule has 1 amide bonds. The van der Waals surface area contributed by atoms with E-state index in [4.69, 9.17) is 4.42 Å². The van der Waals surface area contributed by atoms with Crippen LogP contribution in [0.25, 0.3) is 11.1 Å². The third-order valence-electron chi connectivity index (χ3n) is 6.57. The third-order valence-corrected chi connectivity index (χ3v) is 8.76. The molecule has 0 radical (unpaired) electrons. The van der Waals surface area contributed by atoms with Crippen LogP contribution in [0, 0.1) is 0 Å². The minimum atomic E-state index is -3.70. The third kappa shape index (κ3) is 5.83. The van der Waals surface area contributed by atoms with Crippen molar-refractivity contribution in [3.05, 3.63) is 46.8 Å². The number of unbranched alkanes of at least 4 members (excludes halogenated alkanes) is 1. The smallest absolute Gasteiger partial charge is 0.255 e. The largest absolute Gasteiger partial charge is 0.441 e. The van der Waals surface area contributed by atoms with Crippen molar-refractivity contribution in [1.82, 2.24) is 10.3 Å². The summed E-state index contributed by atoms with van der Waals surface area (Å²) in [5.41, 5.74) is 2.55. The van der Waals surface area contributed by atoms with Gasteiger partial charge in [0.25, 0.3) is 5.91 Å². The van der Waals surface area contributed by atoms with Gasteiger partial charge in [-0.25, -0.2) is 16.8 Å². The molecule has 1 fully saturated rings. The topological polar surface area (TPSA) is 127 Å². The van der Waals surface area contributed by atoms with E-state index >= 15 is 0 Å². The molecular formula is C25H33N3O6S2. The van der Waals surface area contributed by atoms with Crippen LogP contribution in [0.3, 0.4) is 0 Å². The molecule has 2 aliphatic rings. The van der Waals surface area contributed by atoms with Gasteiger partial charge in [-0.2, -0.15) is 4.98 Å². The average molecular weight is 536 g/mol. The molecule has 2 aromatic heterocycles. The molecule has 0 aromatic carbocycles. The summed E-state index contributed by atoms with van der Waals surface area (Å²) in [4.78, 5) is 17.6. The van der Waals surface area contributed by atoms with Gasteiger partial charge in [0.2, 0.25) is 15.7 Å². The van der Waals surface area contributed by atoms with Crippen molar-refractivity contribution < 1.29 is 26.0 Å². The minimum Gasteiger partial charge on any atom is -0.441 e. The number of furan rings is 1. The number of pyridine rings is 1. The average Bonchev–Trinajstić information content (AvgIpc) is 3.57. The van der Waals surface area contributed by atoms with Crippen molar-refractivity contribution in [2.24, 2.45) is 0 Å². The number of sulfone groups is 1.